The number of nitro benzene ring substituents is 1. The van der Waals surface area contributed by atoms with Gasteiger partial charge in [0.25, 0.3) is 5.69 Å². The van der Waals surface area contributed by atoms with Crippen molar-refractivity contribution in [3.63, 3.8) is 0 Å². The minimum atomic E-state index is -0.423. The third-order valence-corrected chi connectivity index (χ3v) is 1.94. The first-order chi connectivity index (χ1) is 6.52. The maximum Gasteiger partial charge on any atom is 0.269 e. The van der Waals surface area contributed by atoms with E-state index in [2.05, 4.69) is 13.2 Å². The third-order valence-electron chi connectivity index (χ3n) is 1.94. The molecule has 0 atom stereocenters. The van der Waals surface area contributed by atoms with E-state index in [9.17, 15) is 10.1 Å². The number of hydrogen-bond acceptors (Lipinski definition) is 2. The Morgan fingerprint density at radius 2 is 1.79 bits per heavy atom. The number of rotatable bonds is 3. The van der Waals surface area contributed by atoms with Crippen molar-refractivity contribution in [3.8, 4) is 0 Å². The van der Waals surface area contributed by atoms with Crippen molar-refractivity contribution < 1.29 is 4.92 Å². The van der Waals surface area contributed by atoms with E-state index >= 15 is 0 Å². The van der Waals surface area contributed by atoms with Crippen LogP contribution < -0.4 is 0 Å². The molecule has 0 heterocycles. The van der Waals surface area contributed by atoms with Crippen molar-refractivity contribution in [3.05, 3.63) is 58.7 Å². The standard InChI is InChI=1S/C11H11NO2/c1-8(2)9(3)10-4-6-11(7-5-10)12(13)14/h4-7H,1,3H2,2H3. The molecule has 0 aliphatic carbocycles. The highest BCUT2D eigenvalue weighted by atomic mass is 16.6. The van der Waals surface area contributed by atoms with E-state index in [1.807, 2.05) is 6.92 Å². The van der Waals surface area contributed by atoms with Gasteiger partial charge in [-0.15, -0.1) is 0 Å². The smallest absolute Gasteiger partial charge is 0.258 e. The fraction of sp³-hybridized carbons (Fsp3) is 0.0909. The number of benzene rings is 1. The van der Waals surface area contributed by atoms with Crippen LogP contribution in [0.1, 0.15) is 12.5 Å². The Kier molecular flexibility index (Phi) is 2.82. The average molecular weight is 189 g/mol. The van der Waals surface area contributed by atoms with Gasteiger partial charge in [0.2, 0.25) is 0 Å². The molecular formula is C11H11NO2. The van der Waals surface area contributed by atoms with E-state index in [0.717, 1.165) is 16.7 Å². The molecule has 72 valence electrons. The van der Waals surface area contributed by atoms with Gasteiger partial charge in [0.05, 0.1) is 4.92 Å². The van der Waals surface area contributed by atoms with Gasteiger partial charge in [-0.3, -0.25) is 10.1 Å². The van der Waals surface area contributed by atoms with Crippen LogP contribution in [0.5, 0.6) is 0 Å². The molecule has 3 nitrogen and oxygen atoms in total. The molecule has 1 aromatic rings. The SMILES string of the molecule is C=C(C)C(=C)c1ccc([N+](=O)[O-])cc1. The monoisotopic (exact) mass is 189 g/mol. The van der Waals surface area contributed by atoms with Crippen LogP contribution >= 0.6 is 0 Å². The molecule has 0 radical (unpaired) electrons. The van der Waals surface area contributed by atoms with Gasteiger partial charge >= 0.3 is 0 Å². The third kappa shape index (κ3) is 2.07. The topological polar surface area (TPSA) is 43.1 Å². The molecule has 0 aliphatic heterocycles. The lowest BCUT2D eigenvalue weighted by Gasteiger charge is -2.03. The van der Waals surface area contributed by atoms with Crippen molar-refractivity contribution in [1.82, 2.24) is 0 Å². The summed E-state index contributed by atoms with van der Waals surface area (Å²) in [5, 5.41) is 10.4. The molecule has 0 bridgehead atoms. The summed E-state index contributed by atoms with van der Waals surface area (Å²) in [7, 11) is 0. The highest BCUT2D eigenvalue weighted by Gasteiger charge is 2.05. The highest BCUT2D eigenvalue weighted by molar-refractivity contribution is 5.76. The Morgan fingerprint density at radius 1 is 1.29 bits per heavy atom. The summed E-state index contributed by atoms with van der Waals surface area (Å²) in [6, 6.07) is 6.28. The molecule has 0 aliphatic rings. The molecule has 14 heavy (non-hydrogen) atoms. The molecule has 0 spiro atoms. The second-order valence-electron chi connectivity index (χ2n) is 3.06. The first-order valence-electron chi connectivity index (χ1n) is 4.12. The molecular weight excluding hydrogens is 178 g/mol. The first-order valence-corrected chi connectivity index (χ1v) is 4.12. The first kappa shape index (κ1) is 10.2. The van der Waals surface area contributed by atoms with Crippen LogP contribution in [0.4, 0.5) is 5.69 Å². The molecule has 1 aromatic carbocycles. The minimum Gasteiger partial charge on any atom is -0.258 e. The van der Waals surface area contributed by atoms with Crippen LogP contribution in [0.25, 0.3) is 5.57 Å². The van der Waals surface area contributed by atoms with E-state index in [0.29, 0.717) is 0 Å². The lowest BCUT2D eigenvalue weighted by atomic mass is 10.0. The summed E-state index contributed by atoms with van der Waals surface area (Å²) in [4.78, 5) is 9.96. The average Bonchev–Trinajstić information content (AvgIpc) is 2.16. The Morgan fingerprint density at radius 3 is 2.14 bits per heavy atom. The summed E-state index contributed by atoms with van der Waals surface area (Å²) >= 11 is 0. The maximum absolute atomic E-state index is 10.4. The minimum absolute atomic E-state index is 0.0864. The summed E-state index contributed by atoms with van der Waals surface area (Å²) < 4.78 is 0. The molecule has 0 fully saturated rings. The number of non-ortho nitro benzene ring substituents is 1. The van der Waals surface area contributed by atoms with E-state index in [-0.39, 0.29) is 5.69 Å². The van der Waals surface area contributed by atoms with Crippen molar-refractivity contribution in [2.75, 3.05) is 0 Å². The van der Waals surface area contributed by atoms with Gasteiger partial charge in [0, 0.05) is 12.1 Å². The molecule has 0 unspecified atom stereocenters. The number of nitro groups is 1. The zero-order valence-corrected chi connectivity index (χ0v) is 7.99. The largest absolute Gasteiger partial charge is 0.269 e. The molecule has 0 amide bonds. The summed E-state index contributed by atoms with van der Waals surface area (Å²) in [5.74, 6) is 0. The molecule has 0 aromatic heterocycles. The van der Waals surface area contributed by atoms with Gasteiger partial charge in [-0.25, -0.2) is 0 Å². The highest BCUT2D eigenvalue weighted by Crippen LogP contribution is 2.21. The Labute approximate surface area is 82.5 Å². The van der Waals surface area contributed by atoms with E-state index in [1.54, 1.807) is 12.1 Å². The summed E-state index contributed by atoms with van der Waals surface area (Å²) in [6.07, 6.45) is 0. The second-order valence-corrected chi connectivity index (χ2v) is 3.06. The molecule has 3 heteroatoms. The molecule has 0 saturated heterocycles. The van der Waals surface area contributed by atoms with Crippen LogP contribution in [0.15, 0.2) is 43.0 Å². The zero-order valence-electron chi connectivity index (χ0n) is 7.99. The number of nitrogens with zero attached hydrogens (tertiary/aromatic N) is 1. The maximum atomic E-state index is 10.4. The Balaban J connectivity index is 3.00. The van der Waals surface area contributed by atoms with Crippen LogP contribution in [0, 0.1) is 10.1 Å². The fourth-order valence-electron chi connectivity index (χ4n) is 1.03. The van der Waals surface area contributed by atoms with Gasteiger partial charge in [-0.1, -0.05) is 18.7 Å². The summed E-state index contributed by atoms with van der Waals surface area (Å²) in [5.41, 5.74) is 2.62. The second kappa shape index (κ2) is 3.87. The lowest BCUT2D eigenvalue weighted by molar-refractivity contribution is -0.384. The van der Waals surface area contributed by atoms with Crippen LogP contribution in [0.3, 0.4) is 0 Å². The van der Waals surface area contributed by atoms with Gasteiger partial charge in [0.15, 0.2) is 0 Å². The zero-order chi connectivity index (χ0) is 10.7. The van der Waals surface area contributed by atoms with Crippen molar-refractivity contribution in [2.45, 2.75) is 6.92 Å². The van der Waals surface area contributed by atoms with E-state index in [4.69, 9.17) is 0 Å². The van der Waals surface area contributed by atoms with E-state index in [1.165, 1.54) is 12.1 Å². The van der Waals surface area contributed by atoms with Crippen LogP contribution in [-0.2, 0) is 0 Å². The molecule has 1 rings (SSSR count). The summed E-state index contributed by atoms with van der Waals surface area (Å²) in [6.45, 7) is 9.44. The quantitative estimate of drug-likeness (QED) is 0.416. The van der Waals surface area contributed by atoms with Crippen LogP contribution in [-0.4, -0.2) is 4.92 Å². The van der Waals surface area contributed by atoms with Gasteiger partial charge in [-0.2, -0.15) is 0 Å². The van der Waals surface area contributed by atoms with Gasteiger partial charge in [0.1, 0.15) is 0 Å². The fourth-order valence-corrected chi connectivity index (χ4v) is 1.03. The van der Waals surface area contributed by atoms with Gasteiger partial charge in [-0.05, 0) is 30.2 Å². The Bertz CT molecular complexity index is 390. The molecule has 0 N–H and O–H groups in total. The van der Waals surface area contributed by atoms with Gasteiger partial charge < -0.3 is 0 Å². The molecule has 0 saturated carbocycles. The number of hydrogen-bond donors (Lipinski definition) is 0. The normalized spacial score (nSPS) is 9.50. The van der Waals surface area contributed by atoms with Crippen molar-refractivity contribution in [2.24, 2.45) is 0 Å². The van der Waals surface area contributed by atoms with E-state index < -0.39 is 4.92 Å². The number of allylic oxidation sites excluding steroid dienone is 2. The van der Waals surface area contributed by atoms with Crippen molar-refractivity contribution >= 4 is 11.3 Å². The van der Waals surface area contributed by atoms with Crippen molar-refractivity contribution in [1.29, 1.82) is 0 Å². The van der Waals surface area contributed by atoms with Crippen LogP contribution in [0.2, 0.25) is 0 Å². The lowest BCUT2D eigenvalue weighted by Crippen LogP contribution is -1.88. The Hall–Kier alpha value is -1.90. The predicted molar refractivity (Wildman–Crippen MR) is 56.9 cm³/mol. The predicted octanol–water partition coefficient (Wildman–Crippen LogP) is 3.18.